The van der Waals surface area contributed by atoms with Gasteiger partial charge in [-0.2, -0.15) is 0 Å². The quantitative estimate of drug-likeness (QED) is 0.689. The summed E-state index contributed by atoms with van der Waals surface area (Å²) in [5.41, 5.74) is 0.282. The third kappa shape index (κ3) is 3.02. The molecular formula is C10H7BrClN3OS. The van der Waals surface area contributed by atoms with Crippen LogP contribution in [0.1, 0.15) is 15.2 Å². The summed E-state index contributed by atoms with van der Waals surface area (Å²) in [4.78, 5) is 19.7. The standard InChI is InChI=1S/C10H7BrClN3OS/c11-8-2-1-6(17-8)3-13-10-7(4-16)9(12)14-5-15-10/h1-2,4-5H,3H2,(H,13,14,15). The fourth-order valence-electron chi connectivity index (χ4n) is 1.24. The molecule has 0 amide bonds. The van der Waals surface area contributed by atoms with Crippen LogP contribution in [0.15, 0.2) is 22.2 Å². The van der Waals surface area contributed by atoms with Gasteiger partial charge in [0.05, 0.1) is 15.9 Å². The van der Waals surface area contributed by atoms with E-state index in [2.05, 4.69) is 31.2 Å². The average Bonchev–Trinajstić information content (AvgIpc) is 2.72. The number of anilines is 1. The van der Waals surface area contributed by atoms with Crippen molar-refractivity contribution in [2.45, 2.75) is 6.54 Å². The molecule has 0 bridgehead atoms. The average molecular weight is 333 g/mol. The minimum Gasteiger partial charge on any atom is -0.364 e. The molecule has 1 N–H and O–H groups in total. The second kappa shape index (κ2) is 5.57. The molecule has 0 fully saturated rings. The van der Waals surface area contributed by atoms with Crippen LogP contribution in [-0.4, -0.2) is 16.3 Å². The Bertz CT molecular complexity index is 546. The van der Waals surface area contributed by atoms with Gasteiger partial charge < -0.3 is 5.32 Å². The lowest BCUT2D eigenvalue weighted by Crippen LogP contribution is -2.04. The smallest absolute Gasteiger partial charge is 0.156 e. The summed E-state index contributed by atoms with van der Waals surface area (Å²) in [6, 6.07) is 3.96. The molecule has 7 heteroatoms. The van der Waals surface area contributed by atoms with Crippen LogP contribution in [-0.2, 0) is 6.54 Å². The third-order valence-corrected chi connectivity index (χ3v) is 3.94. The first-order chi connectivity index (χ1) is 8.20. The molecule has 2 aromatic heterocycles. The lowest BCUT2D eigenvalue weighted by Gasteiger charge is -2.06. The lowest BCUT2D eigenvalue weighted by molar-refractivity contribution is 0.112. The van der Waals surface area contributed by atoms with Gasteiger partial charge in [-0.25, -0.2) is 9.97 Å². The van der Waals surface area contributed by atoms with Gasteiger partial charge in [0.15, 0.2) is 6.29 Å². The zero-order chi connectivity index (χ0) is 12.3. The molecule has 4 nitrogen and oxygen atoms in total. The largest absolute Gasteiger partial charge is 0.364 e. The maximum absolute atomic E-state index is 10.9. The number of carbonyl (C=O) groups excluding carboxylic acids is 1. The van der Waals surface area contributed by atoms with Crippen molar-refractivity contribution in [1.82, 2.24) is 9.97 Å². The molecule has 0 spiro atoms. The fourth-order valence-corrected chi connectivity index (χ4v) is 2.84. The summed E-state index contributed by atoms with van der Waals surface area (Å²) in [5, 5.41) is 3.21. The molecule has 0 aliphatic rings. The van der Waals surface area contributed by atoms with Gasteiger partial charge in [0.2, 0.25) is 0 Å². The predicted octanol–water partition coefficient (Wildman–Crippen LogP) is 3.38. The SMILES string of the molecule is O=Cc1c(Cl)ncnc1NCc1ccc(Br)s1. The van der Waals surface area contributed by atoms with Gasteiger partial charge in [0, 0.05) is 4.88 Å². The van der Waals surface area contributed by atoms with E-state index in [0.29, 0.717) is 18.6 Å². The summed E-state index contributed by atoms with van der Waals surface area (Å²) < 4.78 is 1.06. The van der Waals surface area contributed by atoms with Crippen LogP contribution in [0.4, 0.5) is 5.82 Å². The number of hydrogen-bond donors (Lipinski definition) is 1. The van der Waals surface area contributed by atoms with Crippen molar-refractivity contribution in [1.29, 1.82) is 0 Å². The Morgan fingerprint density at radius 3 is 2.94 bits per heavy atom. The number of aldehydes is 1. The van der Waals surface area contributed by atoms with E-state index in [9.17, 15) is 4.79 Å². The maximum atomic E-state index is 10.9. The molecule has 2 rings (SSSR count). The topological polar surface area (TPSA) is 54.9 Å². The molecule has 17 heavy (non-hydrogen) atoms. The monoisotopic (exact) mass is 331 g/mol. The van der Waals surface area contributed by atoms with Crippen molar-refractivity contribution >= 4 is 51.0 Å². The number of nitrogens with one attached hydrogen (secondary N) is 1. The van der Waals surface area contributed by atoms with Crippen molar-refractivity contribution in [2.75, 3.05) is 5.32 Å². The van der Waals surface area contributed by atoms with Gasteiger partial charge in [-0.1, -0.05) is 11.6 Å². The van der Waals surface area contributed by atoms with E-state index in [1.54, 1.807) is 11.3 Å². The second-order valence-electron chi connectivity index (χ2n) is 3.10. The number of hydrogen-bond acceptors (Lipinski definition) is 5. The summed E-state index contributed by atoms with van der Waals surface area (Å²) in [7, 11) is 0. The van der Waals surface area contributed by atoms with Crippen LogP contribution in [0.3, 0.4) is 0 Å². The van der Waals surface area contributed by atoms with Crippen molar-refractivity contribution in [2.24, 2.45) is 0 Å². The Kier molecular flexibility index (Phi) is 4.09. The van der Waals surface area contributed by atoms with Crippen LogP contribution >= 0.6 is 38.9 Å². The van der Waals surface area contributed by atoms with E-state index in [0.717, 1.165) is 8.66 Å². The highest BCUT2D eigenvalue weighted by Crippen LogP contribution is 2.23. The summed E-state index contributed by atoms with van der Waals surface area (Å²) in [6.07, 6.45) is 1.97. The molecule has 0 radical (unpaired) electrons. The zero-order valence-corrected chi connectivity index (χ0v) is 11.6. The summed E-state index contributed by atoms with van der Waals surface area (Å²) in [5.74, 6) is 0.449. The van der Waals surface area contributed by atoms with Gasteiger partial charge in [-0.05, 0) is 28.1 Å². The minimum absolute atomic E-state index is 0.157. The Morgan fingerprint density at radius 2 is 2.29 bits per heavy atom. The normalized spacial score (nSPS) is 10.2. The fraction of sp³-hybridized carbons (Fsp3) is 0.100. The molecule has 0 aliphatic carbocycles. The Balaban J connectivity index is 2.14. The van der Waals surface area contributed by atoms with Crippen molar-refractivity contribution in [3.63, 3.8) is 0 Å². The first-order valence-corrected chi connectivity index (χ1v) is 6.63. The predicted molar refractivity (Wildman–Crippen MR) is 71.8 cm³/mol. The van der Waals surface area contributed by atoms with Crippen molar-refractivity contribution < 1.29 is 4.79 Å². The van der Waals surface area contributed by atoms with E-state index < -0.39 is 0 Å². The van der Waals surface area contributed by atoms with Gasteiger partial charge >= 0.3 is 0 Å². The van der Waals surface area contributed by atoms with Gasteiger partial charge in [-0.3, -0.25) is 4.79 Å². The first-order valence-electron chi connectivity index (χ1n) is 4.64. The van der Waals surface area contributed by atoms with E-state index in [-0.39, 0.29) is 10.7 Å². The molecule has 0 unspecified atom stereocenters. The Hall–Kier alpha value is -0.980. The second-order valence-corrected chi connectivity index (χ2v) is 6.01. The first kappa shape index (κ1) is 12.5. The molecule has 0 atom stereocenters. The summed E-state index contributed by atoms with van der Waals surface area (Å²) >= 11 is 10.8. The van der Waals surface area contributed by atoms with Crippen LogP contribution in [0.5, 0.6) is 0 Å². The van der Waals surface area contributed by atoms with Gasteiger partial charge in [0.25, 0.3) is 0 Å². The van der Waals surface area contributed by atoms with E-state index in [4.69, 9.17) is 11.6 Å². The van der Waals surface area contributed by atoms with Gasteiger partial charge in [0.1, 0.15) is 17.3 Å². The van der Waals surface area contributed by atoms with Crippen molar-refractivity contribution in [3.8, 4) is 0 Å². The van der Waals surface area contributed by atoms with Crippen LogP contribution in [0.25, 0.3) is 0 Å². The lowest BCUT2D eigenvalue weighted by atomic mass is 10.3. The minimum atomic E-state index is 0.157. The van der Waals surface area contributed by atoms with E-state index in [1.165, 1.54) is 6.33 Å². The van der Waals surface area contributed by atoms with E-state index >= 15 is 0 Å². The number of rotatable bonds is 4. The molecule has 88 valence electrons. The molecule has 0 saturated heterocycles. The highest BCUT2D eigenvalue weighted by Gasteiger charge is 2.08. The third-order valence-electron chi connectivity index (χ3n) is 2.01. The zero-order valence-electron chi connectivity index (χ0n) is 8.48. The number of carbonyl (C=O) groups is 1. The Labute approximate surface area is 115 Å². The Morgan fingerprint density at radius 1 is 1.47 bits per heavy atom. The van der Waals surface area contributed by atoms with Gasteiger partial charge in [-0.15, -0.1) is 11.3 Å². The maximum Gasteiger partial charge on any atom is 0.156 e. The molecule has 0 aliphatic heterocycles. The van der Waals surface area contributed by atoms with E-state index in [1.807, 2.05) is 12.1 Å². The van der Waals surface area contributed by atoms with Crippen molar-refractivity contribution in [3.05, 3.63) is 37.8 Å². The molecule has 0 aromatic carbocycles. The van der Waals surface area contributed by atoms with Crippen LogP contribution in [0, 0.1) is 0 Å². The number of thiophene rings is 1. The molecular weight excluding hydrogens is 326 g/mol. The molecule has 0 saturated carbocycles. The summed E-state index contributed by atoms with van der Waals surface area (Å²) in [6.45, 7) is 0.588. The highest BCUT2D eigenvalue weighted by atomic mass is 79.9. The number of aromatic nitrogens is 2. The molecule has 2 heterocycles. The highest BCUT2D eigenvalue weighted by molar-refractivity contribution is 9.11. The number of nitrogens with zero attached hydrogens (tertiary/aromatic N) is 2. The molecule has 2 aromatic rings. The number of halogens is 2. The van der Waals surface area contributed by atoms with Crippen LogP contribution < -0.4 is 5.32 Å². The van der Waals surface area contributed by atoms with Crippen LogP contribution in [0.2, 0.25) is 5.15 Å².